The first-order chi connectivity index (χ1) is 8.55. The maximum absolute atomic E-state index is 12.3. The van der Waals surface area contributed by atoms with Crippen molar-refractivity contribution in [2.45, 2.75) is 70.8 Å². The van der Waals surface area contributed by atoms with Crippen molar-refractivity contribution in [3.63, 3.8) is 0 Å². The second-order valence-corrected chi connectivity index (χ2v) is 5.83. The third kappa shape index (κ3) is 3.67. The third-order valence-electron chi connectivity index (χ3n) is 4.06. The number of thiocarbonyl (C=S) groups is 1. The second kappa shape index (κ2) is 7.07. The highest BCUT2D eigenvalue weighted by Gasteiger charge is 2.39. The van der Waals surface area contributed by atoms with Crippen LogP contribution in [0.2, 0.25) is 0 Å². The summed E-state index contributed by atoms with van der Waals surface area (Å²) < 4.78 is 0. The molecule has 0 heterocycles. The van der Waals surface area contributed by atoms with Crippen molar-refractivity contribution in [2.75, 3.05) is 0 Å². The zero-order chi connectivity index (χ0) is 13.6. The molecule has 3 N–H and O–H groups in total. The van der Waals surface area contributed by atoms with Crippen LogP contribution in [0.5, 0.6) is 0 Å². The zero-order valence-electron chi connectivity index (χ0n) is 11.6. The van der Waals surface area contributed by atoms with Gasteiger partial charge in [0.15, 0.2) is 0 Å². The number of rotatable bonds is 7. The standard InChI is InChI=1S/C14H26N2OS/c1-3-5-8-11(4-2)12(17)16-14(13(15)18)9-6-7-10-14/h11H,3-10H2,1-2H3,(H2,15,18)(H,16,17). The minimum atomic E-state index is -0.397. The SMILES string of the molecule is CCCCC(CC)C(=O)NC1(C(N)=S)CCCC1. The maximum atomic E-state index is 12.3. The minimum Gasteiger partial charge on any atom is -0.391 e. The van der Waals surface area contributed by atoms with Gasteiger partial charge in [-0.05, 0) is 25.7 Å². The first-order valence-electron chi connectivity index (χ1n) is 7.17. The molecule has 0 aromatic rings. The molecule has 0 aliphatic heterocycles. The summed E-state index contributed by atoms with van der Waals surface area (Å²) in [5.41, 5.74) is 5.44. The largest absolute Gasteiger partial charge is 0.391 e. The molecule has 0 spiro atoms. The average molecular weight is 270 g/mol. The molecule has 104 valence electrons. The van der Waals surface area contributed by atoms with Gasteiger partial charge in [0, 0.05) is 5.92 Å². The molecule has 1 saturated carbocycles. The van der Waals surface area contributed by atoms with Crippen LogP contribution in [0.15, 0.2) is 0 Å². The summed E-state index contributed by atoms with van der Waals surface area (Å²) in [5.74, 6) is 0.248. The van der Waals surface area contributed by atoms with Crippen molar-refractivity contribution >= 4 is 23.1 Å². The van der Waals surface area contributed by atoms with Gasteiger partial charge in [0.1, 0.15) is 0 Å². The Bertz CT molecular complexity index is 298. The number of hydrogen-bond donors (Lipinski definition) is 2. The van der Waals surface area contributed by atoms with E-state index in [-0.39, 0.29) is 11.8 Å². The number of amides is 1. The van der Waals surface area contributed by atoms with Crippen LogP contribution in [0, 0.1) is 5.92 Å². The topological polar surface area (TPSA) is 55.1 Å². The van der Waals surface area contributed by atoms with E-state index in [1.165, 1.54) is 0 Å². The van der Waals surface area contributed by atoms with Gasteiger partial charge in [-0.25, -0.2) is 0 Å². The Morgan fingerprint density at radius 1 is 1.39 bits per heavy atom. The van der Waals surface area contributed by atoms with E-state index in [2.05, 4.69) is 19.2 Å². The normalized spacial score (nSPS) is 19.4. The highest BCUT2D eigenvalue weighted by atomic mass is 32.1. The second-order valence-electron chi connectivity index (χ2n) is 5.39. The van der Waals surface area contributed by atoms with Crippen molar-refractivity contribution in [2.24, 2.45) is 11.7 Å². The predicted octanol–water partition coefficient (Wildman–Crippen LogP) is 2.92. The summed E-state index contributed by atoms with van der Waals surface area (Å²) in [7, 11) is 0. The Hall–Kier alpha value is -0.640. The zero-order valence-corrected chi connectivity index (χ0v) is 12.4. The molecular formula is C14H26N2OS. The highest BCUT2D eigenvalue weighted by Crippen LogP contribution is 2.30. The van der Waals surface area contributed by atoms with E-state index in [9.17, 15) is 4.79 Å². The van der Waals surface area contributed by atoms with Gasteiger partial charge in [-0.1, -0.05) is 51.7 Å². The Labute approximate surface area is 116 Å². The number of nitrogens with two attached hydrogens (primary N) is 1. The molecule has 0 bridgehead atoms. The van der Waals surface area contributed by atoms with E-state index in [1.807, 2.05) is 0 Å². The van der Waals surface area contributed by atoms with Crippen LogP contribution in [0.3, 0.4) is 0 Å². The molecule has 0 radical (unpaired) electrons. The molecule has 1 fully saturated rings. The molecule has 0 saturated heterocycles. The van der Waals surface area contributed by atoms with Gasteiger partial charge in [0.2, 0.25) is 5.91 Å². The monoisotopic (exact) mass is 270 g/mol. The van der Waals surface area contributed by atoms with E-state index >= 15 is 0 Å². The summed E-state index contributed by atoms with van der Waals surface area (Å²) in [6.45, 7) is 4.22. The number of hydrogen-bond acceptors (Lipinski definition) is 2. The first kappa shape index (κ1) is 15.4. The van der Waals surface area contributed by atoms with Gasteiger partial charge in [0.25, 0.3) is 0 Å². The minimum absolute atomic E-state index is 0.108. The van der Waals surface area contributed by atoms with E-state index < -0.39 is 5.54 Å². The van der Waals surface area contributed by atoms with E-state index in [4.69, 9.17) is 18.0 Å². The Kier molecular flexibility index (Phi) is 6.06. The van der Waals surface area contributed by atoms with Crippen LogP contribution in [-0.2, 0) is 4.79 Å². The lowest BCUT2D eigenvalue weighted by atomic mass is 9.93. The lowest BCUT2D eigenvalue weighted by molar-refractivity contribution is -0.126. The Balaban J connectivity index is 2.62. The van der Waals surface area contributed by atoms with Crippen molar-refractivity contribution in [3.8, 4) is 0 Å². The molecular weight excluding hydrogens is 244 g/mol. The Morgan fingerprint density at radius 2 is 2.00 bits per heavy atom. The maximum Gasteiger partial charge on any atom is 0.223 e. The van der Waals surface area contributed by atoms with E-state index in [0.29, 0.717) is 4.99 Å². The van der Waals surface area contributed by atoms with E-state index in [1.54, 1.807) is 0 Å². The summed E-state index contributed by atoms with van der Waals surface area (Å²) >= 11 is 5.16. The van der Waals surface area contributed by atoms with Crippen LogP contribution < -0.4 is 11.1 Å². The number of nitrogens with one attached hydrogen (secondary N) is 1. The van der Waals surface area contributed by atoms with Gasteiger partial charge in [-0.2, -0.15) is 0 Å². The van der Waals surface area contributed by atoms with Crippen molar-refractivity contribution < 1.29 is 4.79 Å². The fraction of sp³-hybridized carbons (Fsp3) is 0.857. The summed E-state index contributed by atoms with van der Waals surface area (Å²) in [4.78, 5) is 12.8. The number of unbranched alkanes of at least 4 members (excludes halogenated alkanes) is 1. The quantitative estimate of drug-likeness (QED) is 0.699. The lowest BCUT2D eigenvalue weighted by Crippen LogP contribution is -2.56. The van der Waals surface area contributed by atoms with Crippen LogP contribution >= 0.6 is 12.2 Å². The molecule has 1 unspecified atom stereocenters. The van der Waals surface area contributed by atoms with Crippen LogP contribution in [-0.4, -0.2) is 16.4 Å². The van der Waals surface area contributed by atoms with Gasteiger partial charge < -0.3 is 11.1 Å². The molecule has 0 aromatic carbocycles. The molecule has 3 nitrogen and oxygen atoms in total. The Morgan fingerprint density at radius 3 is 2.44 bits per heavy atom. The molecule has 1 rings (SSSR count). The summed E-state index contributed by atoms with van der Waals surface area (Å²) in [5, 5.41) is 3.15. The summed E-state index contributed by atoms with van der Waals surface area (Å²) in [6, 6.07) is 0. The van der Waals surface area contributed by atoms with E-state index in [0.717, 1.165) is 51.4 Å². The number of carbonyl (C=O) groups is 1. The highest BCUT2D eigenvalue weighted by molar-refractivity contribution is 7.80. The molecule has 1 aliphatic carbocycles. The van der Waals surface area contributed by atoms with Crippen molar-refractivity contribution in [1.82, 2.24) is 5.32 Å². The fourth-order valence-corrected chi connectivity index (χ4v) is 2.98. The molecule has 1 amide bonds. The molecule has 1 atom stereocenters. The lowest BCUT2D eigenvalue weighted by Gasteiger charge is -2.31. The fourth-order valence-electron chi connectivity index (χ4n) is 2.72. The molecule has 1 aliphatic rings. The predicted molar refractivity (Wildman–Crippen MR) is 79.4 cm³/mol. The van der Waals surface area contributed by atoms with Gasteiger partial charge in [-0.15, -0.1) is 0 Å². The molecule has 18 heavy (non-hydrogen) atoms. The van der Waals surface area contributed by atoms with Crippen molar-refractivity contribution in [1.29, 1.82) is 0 Å². The molecule has 0 aromatic heterocycles. The molecule has 4 heteroatoms. The van der Waals surface area contributed by atoms with Gasteiger partial charge in [0.05, 0.1) is 10.5 Å². The third-order valence-corrected chi connectivity index (χ3v) is 4.45. The first-order valence-corrected chi connectivity index (χ1v) is 7.58. The smallest absolute Gasteiger partial charge is 0.223 e. The van der Waals surface area contributed by atoms with Crippen molar-refractivity contribution in [3.05, 3.63) is 0 Å². The summed E-state index contributed by atoms with van der Waals surface area (Å²) in [6.07, 6.45) is 8.09. The van der Waals surface area contributed by atoms with Crippen LogP contribution in [0.25, 0.3) is 0 Å². The van der Waals surface area contributed by atoms with Gasteiger partial charge >= 0.3 is 0 Å². The number of carbonyl (C=O) groups excluding carboxylic acids is 1. The van der Waals surface area contributed by atoms with Crippen LogP contribution in [0.1, 0.15) is 65.2 Å². The van der Waals surface area contributed by atoms with Gasteiger partial charge in [-0.3, -0.25) is 4.79 Å². The van der Waals surface area contributed by atoms with Crippen LogP contribution in [0.4, 0.5) is 0 Å². The average Bonchev–Trinajstić information content (AvgIpc) is 2.80.